The fourth-order valence-electron chi connectivity index (χ4n) is 4.75. The summed E-state index contributed by atoms with van der Waals surface area (Å²) < 4.78 is 28.7. The lowest BCUT2D eigenvalue weighted by molar-refractivity contribution is -0.129. The zero-order valence-electron chi connectivity index (χ0n) is 17.8. The molecule has 4 nitrogen and oxygen atoms in total. The molecule has 0 bridgehead atoms. The molecular formula is C26H21F2N3OS. The number of fused-ring (bicyclic) bond motifs is 1. The standard InChI is InChI=1S/C26H21F2N3OS/c27-20-12-17(13-31-14-25(28,15-31)16-32)6-7-19(20)23-29-21-8-9-22(30-24(21)33-23)26(10-11-26)18-4-2-1-3-5-18/h1-9,12,16H,10-11,13-15H2. The summed E-state index contributed by atoms with van der Waals surface area (Å²) in [6, 6.07) is 19.5. The molecule has 33 heavy (non-hydrogen) atoms. The van der Waals surface area contributed by atoms with Crippen molar-refractivity contribution in [1.82, 2.24) is 14.9 Å². The number of benzene rings is 2. The topological polar surface area (TPSA) is 46.1 Å². The number of aromatic nitrogens is 2. The van der Waals surface area contributed by atoms with Crippen molar-refractivity contribution in [3.05, 3.63) is 83.3 Å². The summed E-state index contributed by atoms with van der Waals surface area (Å²) in [6.07, 6.45) is 2.50. The van der Waals surface area contributed by atoms with Crippen molar-refractivity contribution in [1.29, 1.82) is 0 Å². The smallest absolute Gasteiger partial charge is 0.190 e. The van der Waals surface area contributed by atoms with E-state index < -0.39 is 5.67 Å². The summed E-state index contributed by atoms with van der Waals surface area (Å²) in [6.45, 7) is 0.509. The van der Waals surface area contributed by atoms with Gasteiger partial charge in [-0.3, -0.25) is 9.69 Å². The molecule has 6 rings (SSSR count). The number of rotatable bonds is 6. The molecule has 0 amide bonds. The van der Waals surface area contributed by atoms with Crippen molar-refractivity contribution >= 4 is 28.0 Å². The van der Waals surface area contributed by atoms with E-state index in [1.54, 1.807) is 11.0 Å². The largest absolute Gasteiger partial charge is 0.300 e. The van der Waals surface area contributed by atoms with E-state index in [9.17, 15) is 13.6 Å². The van der Waals surface area contributed by atoms with Crippen LogP contribution in [0.5, 0.6) is 0 Å². The van der Waals surface area contributed by atoms with Crippen LogP contribution in [-0.2, 0) is 16.8 Å². The minimum Gasteiger partial charge on any atom is -0.300 e. The molecule has 4 aromatic rings. The van der Waals surface area contributed by atoms with E-state index in [0.717, 1.165) is 34.4 Å². The lowest BCUT2D eigenvalue weighted by Crippen LogP contribution is -2.59. The first-order valence-corrected chi connectivity index (χ1v) is 11.8. The summed E-state index contributed by atoms with van der Waals surface area (Å²) in [5.74, 6) is -0.364. The van der Waals surface area contributed by atoms with Gasteiger partial charge in [-0.05, 0) is 48.2 Å². The number of aldehydes is 1. The second-order valence-electron chi connectivity index (χ2n) is 9.10. The summed E-state index contributed by atoms with van der Waals surface area (Å²) in [4.78, 5) is 22.9. The van der Waals surface area contributed by atoms with Gasteiger partial charge in [0.05, 0.1) is 5.69 Å². The lowest BCUT2D eigenvalue weighted by Gasteiger charge is -2.40. The minimum absolute atomic E-state index is 0.0234. The van der Waals surface area contributed by atoms with Crippen LogP contribution >= 0.6 is 11.3 Å². The van der Waals surface area contributed by atoms with Crippen molar-refractivity contribution in [3.8, 4) is 10.6 Å². The summed E-state index contributed by atoms with van der Waals surface area (Å²) >= 11 is 1.39. The fraction of sp³-hybridized carbons (Fsp3) is 0.269. The molecule has 1 saturated carbocycles. The van der Waals surface area contributed by atoms with Crippen LogP contribution in [-0.4, -0.2) is 39.9 Å². The van der Waals surface area contributed by atoms with Crippen LogP contribution in [0.4, 0.5) is 8.78 Å². The number of hydrogen-bond donors (Lipinski definition) is 0. The Kier molecular flexibility index (Phi) is 4.67. The SMILES string of the molecule is O=CC1(F)CN(Cc2ccc(-c3nc4ccc(C5(c6ccccc6)CC5)nc4s3)c(F)c2)C1. The lowest BCUT2D eigenvalue weighted by atomic mass is 9.92. The molecule has 0 radical (unpaired) electrons. The van der Waals surface area contributed by atoms with Gasteiger partial charge in [0.2, 0.25) is 0 Å². The Balaban J connectivity index is 1.26. The Morgan fingerprint density at radius 1 is 1.03 bits per heavy atom. The van der Waals surface area contributed by atoms with Gasteiger partial charge < -0.3 is 0 Å². The first kappa shape index (κ1) is 20.6. The maximum Gasteiger partial charge on any atom is 0.190 e. The van der Waals surface area contributed by atoms with E-state index >= 15 is 0 Å². The molecular weight excluding hydrogens is 440 g/mol. The molecule has 0 atom stereocenters. The monoisotopic (exact) mass is 461 g/mol. The zero-order chi connectivity index (χ0) is 22.6. The van der Waals surface area contributed by atoms with Gasteiger partial charge in [0.25, 0.3) is 0 Å². The number of likely N-dealkylation sites (tertiary alicyclic amines) is 1. The Bertz CT molecular complexity index is 1360. The molecule has 166 valence electrons. The van der Waals surface area contributed by atoms with Crippen molar-refractivity contribution in [3.63, 3.8) is 0 Å². The molecule has 1 saturated heterocycles. The number of carbonyl (C=O) groups is 1. The molecule has 1 aliphatic carbocycles. The normalized spacial score (nSPS) is 18.7. The van der Waals surface area contributed by atoms with Crippen LogP contribution in [0.15, 0.2) is 60.7 Å². The van der Waals surface area contributed by atoms with Gasteiger partial charge in [-0.1, -0.05) is 47.7 Å². The number of nitrogens with zero attached hydrogens (tertiary/aromatic N) is 3. The highest BCUT2D eigenvalue weighted by molar-refractivity contribution is 7.21. The Morgan fingerprint density at radius 2 is 1.82 bits per heavy atom. The summed E-state index contributed by atoms with van der Waals surface area (Å²) in [5, 5.41) is 0.593. The van der Waals surface area contributed by atoms with Crippen LogP contribution in [0.2, 0.25) is 0 Å². The molecule has 2 aromatic heterocycles. The van der Waals surface area contributed by atoms with E-state index in [4.69, 9.17) is 4.98 Å². The second-order valence-corrected chi connectivity index (χ2v) is 10.1. The maximum atomic E-state index is 15.0. The van der Waals surface area contributed by atoms with Gasteiger partial charge in [-0.2, -0.15) is 0 Å². The van der Waals surface area contributed by atoms with Gasteiger partial charge in [0.15, 0.2) is 12.0 Å². The van der Waals surface area contributed by atoms with Gasteiger partial charge in [-0.25, -0.2) is 18.7 Å². The third-order valence-corrected chi connectivity index (χ3v) is 7.67. The van der Waals surface area contributed by atoms with Crippen LogP contribution in [0.25, 0.3) is 20.9 Å². The average molecular weight is 462 g/mol. The minimum atomic E-state index is -1.76. The molecule has 2 aliphatic rings. The van der Waals surface area contributed by atoms with Crippen molar-refractivity contribution in [2.24, 2.45) is 0 Å². The molecule has 3 heterocycles. The molecule has 2 fully saturated rings. The number of hydrogen-bond acceptors (Lipinski definition) is 5. The molecule has 0 spiro atoms. The number of halogens is 2. The first-order chi connectivity index (χ1) is 16.0. The Hall–Kier alpha value is -3.03. The molecule has 0 N–H and O–H groups in total. The van der Waals surface area contributed by atoms with Gasteiger partial charge in [-0.15, -0.1) is 0 Å². The first-order valence-electron chi connectivity index (χ1n) is 11.0. The molecule has 2 aromatic carbocycles. The Labute approximate surface area is 193 Å². The van der Waals surface area contributed by atoms with Gasteiger partial charge in [0.1, 0.15) is 21.2 Å². The van der Waals surface area contributed by atoms with Crippen LogP contribution in [0.3, 0.4) is 0 Å². The quantitative estimate of drug-likeness (QED) is 0.366. The second kappa shape index (κ2) is 7.50. The third-order valence-electron chi connectivity index (χ3n) is 6.68. The van der Waals surface area contributed by atoms with Crippen LogP contribution < -0.4 is 0 Å². The van der Waals surface area contributed by atoms with Crippen molar-refractivity contribution in [2.75, 3.05) is 13.1 Å². The Morgan fingerprint density at radius 3 is 2.52 bits per heavy atom. The molecule has 7 heteroatoms. The van der Waals surface area contributed by atoms with Gasteiger partial charge >= 0.3 is 0 Å². The van der Waals surface area contributed by atoms with E-state index in [1.165, 1.54) is 23.0 Å². The summed E-state index contributed by atoms with van der Waals surface area (Å²) in [7, 11) is 0. The van der Waals surface area contributed by atoms with E-state index in [2.05, 4.69) is 29.2 Å². The van der Waals surface area contributed by atoms with Crippen molar-refractivity contribution in [2.45, 2.75) is 30.5 Å². The number of alkyl halides is 1. The summed E-state index contributed by atoms with van der Waals surface area (Å²) in [5.41, 5.74) is 2.48. The third kappa shape index (κ3) is 3.56. The number of thiazole rings is 1. The highest BCUT2D eigenvalue weighted by atomic mass is 32.1. The number of pyridine rings is 1. The highest BCUT2D eigenvalue weighted by Gasteiger charge is 2.47. The average Bonchev–Trinajstić information content (AvgIpc) is 3.51. The predicted octanol–water partition coefficient (Wildman–Crippen LogP) is 5.30. The molecule has 0 unspecified atom stereocenters. The van der Waals surface area contributed by atoms with Crippen LogP contribution in [0, 0.1) is 5.82 Å². The van der Waals surface area contributed by atoms with E-state index in [0.29, 0.717) is 23.4 Å². The van der Waals surface area contributed by atoms with Crippen LogP contribution in [0.1, 0.15) is 29.7 Å². The predicted molar refractivity (Wildman–Crippen MR) is 124 cm³/mol. The maximum absolute atomic E-state index is 15.0. The van der Waals surface area contributed by atoms with Crippen molar-refractivity contribution < 1.29 is 13.6 Å². The zero-order valence-corrected chi connectivity index (χ0v) is 18.6. The fourth-order valence-corrected chi connectivity index (χ4v) is 5.71. The van der Waals surface area contributed by atoms with E-state index in [-0.39, 0.29) is 24.3 Å². The molecule has 1 aliphatic heterocycles. The van der Waals surface area contributed by atoms with E-state index in [1.807, 2.05) is 24.3 Å². The number of carbonyl (C=O) groups excluding carboxylic acids is 1. The highest BCUT2D eigenvalue weighted by Crippen LogP contribution is 2.53. The van der Waals surface area contributed by atoms with Gasteiger partial charge in [0, 0.05) is 30.6 Å².